The molecule has 2 unspecified atom stereocenters. The number of rotatable bonds is 4. The summed E-state index contributed by atoms with van der Waals surface area (Å²) in [5.74, 6) is 0. The van der Waals surface area contributed by atoms with E-state index in [-0.39, 0.29) is 0 Å². The summed E-state index contributed by atoms with van der Waals surface area (Å²) in [4.78, 5) is 2.93. The van der Waals surface area contributed by atoms with Crippen LogP contribution >= 0.6 is 11.3 Å². The third kappa shape index (κ3) is 3.60. The molecule has 0 fully saturated rings. The van der Waals surface area contributed by atoms with Crippen LogP contribution in [0.5, 0.6) is 0 Å². The Kier molecular flexibility index (Phi) is 4.57. The van der Waals surface area contributed by atoms with Gasteiger partial charge in [-0.1, -0.05) is 27.7 Å². The lowest BCUT2D eigenvalue weighted by molar-refractivity contribution is 0.269. The summed E-state index contributed by atoms with van der Waals surface area (Å²) in [6, 6.07) is 5.49. The van der Waals surface area contributed by atoms with E-state index in [1.807, 2.05) is 11.3 Å². The largest absolute Gasteiger partial charge is 0.306 e. The molecule has 0 bridgehead atoms. The van der Waals surface area contributed by atoms with Gasteiger partial charge in [0.05, 0.1) is 0 Å². The third-order valence-corrected chi connectivity index (χ3v) is 4.67. The maximum absolute atomic E-state index is 3.68. The molecular formula is C14H25NS. The molecule has 0 aliphatic carbocycles. The van der Waals surface area contributed by atoms with Crippen molar-refractivity contribution in [2.75, 3.05) is 0 Å². The van der Waals surface area contributed by atoms with Crippen LogP contribution in [0.25, 0.3) is 0 Å². The summed E-state index contributed by atoms with van der Waals surface area (Å²) >= 11 is 1.93. The molecule has 1 nitrogen and oxygen atoms in total. The predicted molar refractivity (Wildman–Crippen MR) is 74.2 cm³/mol. The molecular weight excluding hydrogens is 214 g/mol. The summed E-state index contributed by atoms with van der Waals surface area (Å²) in [5, 5.41) is 3.68. The Morgan fingerprint density at radius 1 is 1.25 bits per heavy atom. The van der Waals surface area contributed by atoms with Gasteiger partial charge in [-0.25, -0.2) is 0 Å². The Morgan fingerprint density at radius 3 is 2.31 bits per heavy atom. The number of hydrogen-bond donors (Lipinski definition) is 1. The SMILES string of the molecule is CCc1ccc(C(C)NC(C)C(C)(C)C)s1. The standard InChI is InChI=1S/C14H25NS/c1-7-12-8-9-13(16-12)10(2)15-11(3)14(4,5)6/h8-11,15H,7H2,1-6H3. The molecule has 0 saturated heterocycles. The molecule has 0 spiro atoms. The zero-order valence-electron chi connectivity index (χ0n) is 11.4. The fraction of sp³-hybridized carbons (Fsp3) is 0.714. The number of aryl methyl sites for hydroxylation is 1. The minimum atomic E-state index is 0.319. The van der Waals surface area contributed by atoms with Crippen molar-refractivity contribution in [1.29, 1.82) is 0 Å². The van der Waals surface area contributed by atoms with Gasteiger partial charge < -0.3 is 5.32 Å². The molecule has 92 valence electrons. The fourth-order valence-electron chi connectivity index (χ4n) is 1.52. The van der Waals surface area contributed by atoms with Crippen molar-refractivity contribution in [3.63, 3.8) is 0 Å². The van der Waals surface area contributed by atoms with Crippen LogP contribution in [-0.2, 0) is 6.42 Å². The maximum Gasteiger partial charge on any atom is 0.0388 e. The van der Waals surface area contributed by atoms with Crippen molar-refractivity contribution < 1.29 is 0 Å². The quantitative estimate of drug-likeness (QED) is 0.821. The molecule has 1 heterocycles. The molecule has 2 atom stereocenters. The van der Waals surface area contributed by atoms with Crippen LogP contribution in [0.1, 0.15) is 57.3 Å². The highest BCUT2D eigenvalue weighted by atomic mass is 32.1. The van der Waals surface area contributed by atoms with E-state index >= 15 is 0 Å². The molecule has 0 aliphatic heterocycles. The molecule has 0 saturated carbocycles. The predicted octanol–water partition coefficient (Wildman–Crippen LogP) is 4.40. The lowest BCUT2D eigenvalue weighted by Crippen LogP contribution is -2.38. The van der Waals surface area contributed by atoms with Gasteiger partial charge in [0.15, 0.2) is 0 Å². The minimum Gasteiger partial charge on any atom is -0.306 e. The second kappa shape index (κ2) is 5.33. The van der Waals surface area contributed by atoms with Gasteiger partial charge in [0, 0.05) is 21.8 Å². The first-order valence-corrected chi connectivity index (χ1v) is 7.01. The normalized spacial score (nSPS) is 16.1. The van der Waals surface area contributed by atoms with Crippen molar-refractivity contribution >= 4 is 11.3 Å². The van der Waals surface area contributed by atoms with E-state index in [1.54, 1.807) is 0 Å². The van der Waals surface area contributed by atoms with Crippen molar-refractivity contribution in [3.05, 3.63) is 21.9 Å². The summed E-state index contributed by atoms with van der Waals surface area (Å²) in [6.45, 7) is 13.6. The van der Waals surface area contributed by atoms with Gasteiger partial charge in [-0.05, 0) is 37.8 Å². The fourth-order valence-corrected chi connectivity index (χ4v) is 2.49. The Bertz CT molecular complexity index is 322. The van der Waals surface area contributed by atoms with Crippen molar-refractivity contribution in [2.24, 2.45) is 5.41 Å². The molecule has 16 heavy (non-hydrogen) atoms. The van der Waals surface area contributed by atoms with Crippen LogP contribution in [0.4, 0.5) is 0 Å². The van der Waals surface area contributed by atoms with Crippen LogP contribution in [0.2, 0.25) is 0 Å². The minimum absolute atomic E-state index is 0.319. The van der Waals surface area contributed by atoms with Gasteiger partial charge in [-0.15, -0.1) is 11.3 Å². The first-order valence-electron chi connectivity index (χ1n) is 6.19. The highest BCUT2D eigenvalue weighted by Crippen LogP contribution is 2.26. The number of nitrogens with one attached hydrogen (secondary N) is 1. The van der Waals surface area contributed by atoms with Gasteiger partial charge in [0.2, 0.25) is 0 Å². The molecule has 1 rings (SSSR count). The van der Waals surface area contributed by atoms with Crippen LogP contribution in [-0.4, -0.2) is 6.04 Å². The van der Waals surface area contributed by atoms with Crippen molar-refractivity contribution in [2.45, 2.75) is 60.0 Å². The Labute approximate surface area is 104 Å². The van der Waals surface area contributed by atoms with Crippen LogP contribution in [0.3, 0.4) is 0 Å². The highest BCUT2D eigenvalue weighted by Gasteiger charge is 2.22. The molecule has 0 aliphatic rings. The lowest BCUT2D eigenvalue weighted by Gasteiger charge is -2.30. The van der Waals surface area contributed by atoms with E-state index in [1.165, 1.54) is 9.75 Å². The van der Waals surface area contributed by atoms with Gasteiger partial charge in [0.1, 0.15) is 0 Å². The second-order valence-corrected chi connectivity index (χ2v) is 6.83. The Hall–Kier alpha value is -0.340. The van der Waals surface area contributed by atoms with Gasteiger partial charge >= 0.3 is 0 Å². The van der Waals surface area contributed by atoms with Crippen molar-refractivity contribution in [3.8, 4) is 0 Å². The Balaban J connectivity index is 2.61. The smallest absolute Gasteiger partial charge is 0.0388 e. The topological polar surface area (TPSA) is 12.0 Å². The lowest BCUT2D eigenvalue weighted by atomic mass is 9.87. The summed E-state index contributed by atoms with van der Waals surface area (Å²) in [5.41, 5.74) is 0.319. The van der Waals surface area contributed by atoms with Crippen molar-refractivity contribution in [1.82, 2.24) is 5.32 Å². The zero-order valence-corrected chi connectivity index (χ0v) is 12.2. The zero-order chi connectivity index (χ0) is 12.3. The molecule has 0 aromatic carbocycles. The monoisotopic (exact) mass is 239 g/mol. The first kappa shape index (κ1) is 13.7. The average Bonchev–Trinajstić information content (AvgIpc) is 2.64. The second-order valence-electron chi connectivity index (χ2n) is 5.63. The molecule has 1 aromatic heterocycles. The van der Waals surface area contributed by atoms with E-state index in [9.17, 15) is 0 Å². The maximum atomic E-state index is 3.68. The van der Waals surface area contributed by atoms with Gasteiger partial charge in [0.25, 0.3) is 0 Å². The summed E-state index contributed by atoms with van der Waals surface area (Å²) in [6.07, 6.45) is 1.15. The van der Waals surface area contributed by atoms with E-state index in [0.29, 0.717) is 17.5 Å². The highest BCUT2D eigenvalue weighted by molar-refractivity contribution is 7.12. The van der Waals surface area contributed by atoms with E-state index in [4.69, 9.17) is 0 Å². The Morgan fingerprint density at radius 2 is 1.88 bits per heavy atom. The molecule has 1 N–H and O–H groups in total. The average molecular weight is 239 g/mol. The summed E-state index contributed by atoms with van der Waals surface area (Å²) < 4.78 is 0. The van der Waals surface area contributed by atoms with Crippen LogP contribution < -0.4 is 5.32 Å². The molecule has 0 radical (unpaired) electrons. The molecule has 0 amide bonds. The van der Waals surface area contributed by atoms with Gasteiger partial charge in [-0.3, -0.25) is 0 Å². The van der Waals surface area contributed by atoms with E-state index in [0.717, 1.165) is 6.42 Å². The first-order chi connectivity index (χ1) is 7.34. The number of hydrogen-bond acceptors (Lipinski definition) is 2. The molecule has 1 aromatic rings. The number of thiophene rings is 1. The molecule has 2 heteroatoms. The summed E-state index contributed by atoms with van der Waals surface area (Å²) in [7, 11) is 0. The van der Waals surface area contributed by atoms with Gasteiger partial charge in [-0.2, -0.15) is 0 Å². The van der Waals surface area contributed by atoms with E-state index in [2.05, 4.69) is 59.0 Å². The van der Waals surface area contributed by atoms with Crippen LogP contribution in [0, 0.1) is 5.41 Å². The van der Waals surface area contributed by atoms with E-state index < -0.39 is 0 Å². The van der Waals surface area contributed by atoms with Crippen LogP contribution in [0.15, 0.2) is 12.1 Å². The third-order valence-electron chi connectivity index (χ3n) is 3.26.